The minimum Gasteiger partial charge on any atom is -0.490 e. The normalized spacial score (nSPS) is 20.4. The summed E-state index contributed by atoms with van der Waals surface area (Å²) in [5.74, 6) is 5.94. The SMILES string of the molecule is C/C=C\c1c(/C=C\C)n(CC)c2ccc(CN3CCC(Oc4ccc(C(=O)NCC5(N(C)C)CCSC5)cc4Cl)CC3)cc12.CCNC(=O)c1ccc(OC2CCN(Cc3ccc4c(c3)C/C=C\C=C/CO4)CC2)c(CC)c1.CNC1CCCCS1. The molecule has 4 saturated heterocycles. The predicted molar refractivity (Wildman–Crippen MR) is 364 cm³/mol. The lowest BCUT2D eigenvalue weighted by Gasteiger charge is -2.35. The van der Waals surface area contributed by atoms with E-state index in [1.165, 1.54) is 63.9 Å². The van der Waals surface area contributed by atoms with Crippen LogP contribution in [0.15, 0.2) is 109 Å². The number of rotatable bonds is 19. The number of thioether (sulfide) groups is 2. The maximum absolute atomic E-state index is 12.9. The number of hydrogen-bond donors (Lipinski definition) is 3. The van der Waals surface area contributed by atoms with Crippen molar-refractivity contribution in [2.45, 2.75) is 142 Å². The fourth-order valence-corrected chi connectivity index (χ4v) is 15.0. The lowest BCUT2D eigenvalue weighted by molar-refractivity contribution is 0.0911. The molecule has 0 spiro atoms. The first-order chi connectivity index (χ1) is 41.9. The van der Waals surface area contributed by atoms with Crippen molar-refractivity contribution >= 4 is 70.0 Å². The first-order valence-electron chi connectivity index (χ1n) is 31.7. The molecule has 86 heavy (non-hydrogen) atoms. The van der Waals surface area contributed by atoms with Crippen LogP contribution >= 0.6 is 35.1 Å². The van der Waals surface area contributed by atoms with Crippen LogP contribution < -0.4 is 30.2 Å². The van der Waals surface area contributed by atoms with Gasteiger partial charge in [0, 0.05) is 103 Å². The van der Waals surface area contributed by atoms with Crippen molar-refractivity contribution in [1.82, 2.24) is 35.2 Å². The van der Waals surface area contributed by atoms with Gasteiger partial charge in [-0.2, -0.15) is 11.8 Å². The monoisotopic (exact) mass is 1230 g/mol. The number of nitrogens with zero attached hydrogens (tertiary/aromatic N) is 4. The number of benzene rings is 4. The zero-order chi connectivity index (χ0) is 60.8. The lowest BCUT2D eigenvalue weighted by Crippen LogP contribution is -2.53. The van der Waals surface area contributed by atoms with Gasteiger partial charge in [-0.1, -0.05) is 79.6 Å². The fraction of sp³-hybridized carbons (Fsp3) is 0.493. The summed E-state index contributed by atoms with van der Waals surface area (Å²) in [6.07, 6.45) is 28.3. The van der Waals surface area contributed by atoms with Crippen molar-refractivity contribution in [3.8, 4) is 17.2 Å². The molecular weight excluding hydrogens is 1130 g/mol. The number of allylic oxidation sites excluding steroid dienone is 5. The number of aromatic nitrogens is 1. The second-order valence-electron chi connectivity index (χ2n) is 23.3. The standard InChI is InChI=1S/C36H47ClN4O2S.C29H36N2O3.C6H13NS/c1-6-9-29-30-21-26(11-13-33(30)41(8-3)32(29)10-7-2)23-40-18-15-28(16-19-40)43-34-14-12-27(22-31(34)37)35(42)38-24-36(39(4)5)17-20-44-25-36;1-3-23-20-25(29(32)30-4-2)11-13-28(23)34-26-14-16-31(17-15-26)21-22-10-12-27-24(19-22)9-7-5-6-8-18-33-27;1-7-6-4-2-3-5-8-6/h6-7,9-14,21-22,28H,8,15-20,23-25H2,1-5H3,(H,38,42);5-8,10-13,19-20,26H,3-4,9,14-18,21H2,1-2H3,(H,30,32);6-7H,2-5H2,1H3/b9-6-,10-7-;7-5-,8-6-;. The number of amides is 2. The van der Waals surface area contributed by atoms with Crippen molar-refractivity contribution in [3.05, 3.63) is 159 Å². The third-order valence-electron chi connectivity index (χ3n) is 17.2. The highest BCUT2D eigenvalue weighted by Crippen LogP contribution is 2.35. The van der Waals surface area contributed by atoms with Crippen molar-refractivity contribution in [3.63, 3.8) is 0 Å². The highest BCUT2D eigenvalue weighted by atomic mass is 35.5. The number of halogens is 1. The van der Waals surface area contributed by atoms with Gasteiger partial charge in [0.05, 0.1) is 10.4 Å². The quantitative estimate of drug-likeness (QED) is 0.0735. The molecule has 2 unspecified atom stereocenters. The van der Waals surface area contributed by atoms with Crippen LogP contribution in [-0.2, 0) is 32.5 Å². The summed E-state index contributed by atoms with van der Waals surface area (Å²) in [6.45, 7) is 19.1. The van der Waals surface area contributed by atoms with Crippen LogP contribution in [0.1, 0.15) is 140 Å². The average molecular weight is 1230 g/mol. The molecule has 5 aliphatic heterocycles. The van der Waals surface area contributed by atoms with Crippen LogP contribution in [0.3, 0.4) is 0 Å². The van der Waals surface area contributed by atoms with Gasteiger partial charge in [0.15, 0.2) is 0 Å². The molecule has 12 nitrogen and oxygen atoms in total. The number of likely N-dealkylation sites (tertiary alicyclic amines) is 2. The Bertz CT molecular complexity index is 3110. The molecule has 3 N–H and O–H groups in total. The lowest BCUT2D eigenvalue weighted by atomic mass is 9.97. The zero-order valence-corrected chi connectivity index (χ0v) is 55.0. The molecular formula is C71H96ClN7O5S2. The summed E-state index contributed by atoms with van der Waals surface area (Å²) in [4.78, 5) is 32.4. The third-order valence-corrected chi connectivity index (χ3v) is 20.1. The number of carbonyl (C=O) groups is 2. The van der Waals surface area contributed by atoms with Crippen molar-refractivity contribution in [1.29, 1.82) is 0 Å². The third kappa shape index (κ3) is 18.3. The van der Waals surface area contributed by atoms with Crippen LogP contribution in [0, 0.1) is 0 Å². The highest BCUT2D eigenvalue weighted by molar-refractivity contribution is 8.00. The Morgan fingerprint density at radius 1 is 0.767 bits per heavy atom. The van der Waals surface area contributed by atoms with Gasteiger partial charge in [0.2, 0.25) is 0 Å². The number of nitrogens with one attached hydrogen (secondary N) is 3. The van der Waals surface area contributed by atoms with Crippen LogP contribution in [0.4, 0.5) is 0 Å². The van der Waals surface area contributed by atoms with Crippen LogP contribution in [0.5, 0.6) is 17.2 Å². The molecule has 10 rings (SSSR count). The number of aryl methyl sites for hydroxylation is 2. The molecule has 464 valence electrons. The van der Waals surface area contributed by atoms with E-state index in [2.05, 4.69) is 162 Å². The Kier molecular flexibility index (Phi) is 26.1. The van der Waals surface area contributed by atoms with Gasteiger partial charge in [-0.15, -0.1) is 11.8 Å². The largest absolute Gasteiger partial charge is 0.490 e. The molecule has 2 atom stereocenters. The Balaban J connectivity index is 0.000000202. The predicted octanol–water partition coefficient (Wildman–Crippen LogP) is 14.1. The van der Waals surface area contributed by atoms with Crippen LogP contribution in [0.2, 0.25) is 5.02 Å². The summed E-state index contributed by atoms with van der Waals surface area (Å²) in [5.41, 5.74) is 10.1. The molecule has 15 heteroatoms. The molecule has 0 radical (unpaired) electrons. The van der Waals surface area contributed by atoms with E-state index < -0.39 is 0 Å². The summed E-state index contributed by atoms with van der Waals surface area (Å²) in [7, 11) is 6.23. The van der Waals surface area contributed by atoms with Crippen molar-refractivity contribution in [2.24, 2.45) is 0 Å². The topological polar surface area (TPSA) is 113 Å². The molecule has 5 aromatic rings. The Morgan fingerprint density at radius 2 is 1.43 bits per heavy atom. The average Bonchev–Trinajstić information content (AvgIpc) is 1.92. The first-order valence-corrected chi connectivity index (χ1v) is 34.2. The Labute approximate surface area is 527 Å². The van der Waals surface area contributed by atoms with Gasteiger partial charge >= 0.3 is 0 Å². The molecule has 4 fully saturated rings. The molecule has 2 amide bonds. The number of hydrogen-bond acceptors (Lipinski definition) is 11. The molecule has 0 bridgehead atoms. The van der Waals surface area contributed by atoms with E-state index in [0.29, 0.717) is 41.6 Å². The van der Waals surface area contributed by atoms with Crippen molar-refractivity contribution < 1.29 is 23.8 Å². The molecule has 4 aromatic carbocycles. The molecule has 0 saturated carbocycles. The van der Waals surface area contributed by atoms with Crippen molar-refractivity contribution in [2.75, 3.05) is 84.3 Å². The summed E-state index contributed by atoms with van der Waals surface area (Å²) < 4.78 is 21.0. The van der Waals surface area contributed by atoms with E-state index in [9.17, 15) is 9.59 Å². The maximum Gasteiger partial charge on any atom is 0.251 e. The van der Waals surface area contributed by atoms with E-state index in [0.717, 1.165) is 125 Å². The van der Waals surface area contributed by atoms with Gasteiger partial charge in [0.25, 0.3) is 11.8 Å². The Hall–Kier alpha value is -5.45. The number of piperidine rings is 2. The van der Waals surface area contributed by atoms with E-state index >= 15 is 0 Å². The zero-order valence-electron chi connectivity index (χ0n) is 52.6. The van der Waals surface area contributed by atoms with E-state index in [1.807, 2.05) is 68.2 Å². The van der Waals surface area contributed by atoms with Gasteiger partial charge in [-0.3, -0.25) is 19.4 Å². The van der Waals surface area contributed by atoms with E-state index in [4.69, 9.17) is 25.8 Å². The molecule has 0 aliphatic carbocycles. The van der Waals surface area contributed by atoms with Gasteiger partial charge in [-0.25, -0.2) is 0 Å². The molecule has 1 aromatic heterocycles. The smallest absolute Gasteiger partial charge is 0.251 e. The number of ether oxygens (including phenoxy) is 3. The van der Waals surface area contributed by atoms with Crippen LogP contribution in [0.25, 0.3) is 23.1 Å². The van der Waals surface area contributed by atoms with E-state index in [-0.39, 0.29) is 29.6 Å². The number of likely N-dealkylation sites (N-methyl/N-ethyl adjacent to an activating group) is 1. The summed E-state index contributed by atoms with van der Waals surface area (Å²) in [5, 5.41) is 11.8. The number of carbonyl (C=O) groups excluding carboxylic acids is 2. The summed E-state index contributed by atoms with van der Waals surface area (Å²) >= 11 is 10.6. The highest BCUT2D eigenvalue weighted by Gasteiger charge is 2.37. The van der Waals surface area contributed by atoms with E-state index in [1.54, 1.807) is 6.07 Å². The second kappa shape index (κ2) is 33.8. The van der Waals surface area contributed by atoms with Gasteiger partial charge in [-0.05, 0) is 207 Å². The first kappa shape index (κ1) is 66.5. The maximum atomic E-state index is 12.9. The minimum atomic E-state index is -0.0924. The van der Waals surface area contributed by atoms with Gasteiger partial charge in [0.1, 0.15) is 36.1 Å². The Morgan fingerprint density at radius 3 is 2.03 bits per heavy atom. The second-order valence-corrected chi connectivity index (χ2v) is 26.1. The minimum absolute atomic E-state index is 0.0149. The van der Waals surface area contributed by atoms with Gasteiger partial charge < -0.3 is 39.6 Å². The molecule has 6 heterocycles. The number of fused-ring (bicyclic) bond motifs is 2. The van der Waals surface area contributed by atoms with Crippen LogP contribution in [-0.4, -0.2) is 138 Å². The fourth-order valence-electron chi connectivity index (χ4n) is 12.1. The summed E-state index contributed by atoms with van der Waals surface area (Å²) in [6, 6.07) is 24.7. The molecule has 5 aliphatic rings.